The summed E-state index contributed by atoms with van der Waals surface area (Å²) in [6.07, 6.45) is 2.91. The monoisotopic (exact) mass is 358 g/mol. The number of nitrogens with zero attached hydrogens (tertiary/aromatic N) is 2. The van der Waals surface area contributed by atoms with Crippen molar-refractivity contribution in [3.63, 3.8) is 0 Å². The maximum atomic E-state index is 12.5. The Morgan fingerprint density at radius 1 is 1.32 bits per heavy atom. The van der Waals surface area contributed by atoms with Crippen LogP contribution in [0.5, 0.6) is 0 Å². The number of carboxylic acids is 1. The van der Waals surface area contributed by atoms with Crippen LogP contribution in [0.1, 0.15) is 37.4 Å². The van der Waals surface area contributed by atoms with Crippen molar-refractivity contribution in [3.8, 4) is 10.6 Å². The van der Waals surface area contributed by atoms with E-state index in [0.29, 0.717) is 6.54 Å². The summed E-state index contributed by atoms with van der Waals surface area (Å²) in [7, 11) is 0. The van der Waals surface area contributed by atoms with Crippen LogP contribution >= 0.6 is 11.3 Å². The van der Waals surface area contributed by atoms with E-state index in [1.54, 1.807) is 4.90 Å². The van der Waals surface area contributed by atoms with Crippen molar-refractivity contribution in [2.75, 3.05) is 6.54 Å². The van der Waals surface area contributed by atoms with Crippen molar-refractivity contribution < 1.29 is 14.7 Å². The van der Waals surface area contributed by atoms with Gasteiger partial charge < -0.3 is 10.0 Å². The molecule has 0 saturated carbocycles. The van der Waals surface area contributed by atoms with Crippen LogP contribution in [0.15, 0.2) is 29.6 Å². The molecule has 0 spiro atoms. The number of aliphatic carboxylic acids is 1. The van der Waals surface area contributed by atoms with E-state index in [9.17, 15) is 9.59 Å². The molecule has 1 amide bonds. The lowest BCUT2D eigenvalue weighted by Gasteiger charge is -2.23. The Bertz CT molecular complexity index is 754. The van der Waals surface area contributed by atoms with E-state index >= 15 is 0 Å². The minimum atomic E-state index is -0.851. The van der Waals surface area contributed by atoms with Crippen molar-refractivity contribution in [2.45, 2.75) is 45.1 Å². The number of likely N-dealkylation sites (tertiary alicyclic amines) is 1. The first-order valence-electron chi connectivity index (χ1n) is 8.61. The van der Waals surface area contributed by atoms with Gasteiger partial charge in [0.2, 0.25) is 5.91 Å². The molecule has 25 heavy (non-hydrogen) atoms. The number of hydrogen-bond donors (Lipinski definition) is 1. The Kier molecular flexibility index (Phi) is 5.48. The summed E-state index contributed by atoms with van der Waals surface area (Å²) in [6.45, 7) is 2.77. The lowest BCUT2D eigenvalue weighted by Crippen LogP contribution is -2.37. The van der Waals surface area contributed by atoms with Gasteiger partial charge in [-0.2, -0.15) is 0 Å². The second kappa shape index (κ2) is 7.78. The number of hydrogen-bond acceptors (Lipinski definition) is 4. The highest BCUT2D eigenvalue weighted by molar-refractivity contribution is 7.13. The number of aromatic nitrogens is 1. The van der Waals surface area contributed by atoms with E-state index in [4.69, 9.17) is 5.11 Å². The number of rotatable bonds is 6. The van der Waals surface area contributed by atoms with Gasteiger partial charge in [0.15, 0.2) is 0 Å². The molecule has 5 nitrogen and oxygen atoms in total. The van der Waals surface area contributed by atoms with Crippen LogP contribution in [0, 0.1) is 0 Å². The molecule has 0 bridgehead atoms. The Hall–Kier alpha value is -2.21. The molecule has 6 heteroatoms. The van der Waals surface area contributed by atoms with Crippen molar-refractivity contribution in [3.05, 3.63) is 40.9 Å². The summed E-state index contributed by atoms with van der Waals surface area (Å²) in [5.74, 6) is -0.877. The smallest absolute Gasteiger partial charge is 0.305 e. The van der Waals surface area contributed by atoms with Crippen molar-refractivity contribution in [2.24, 2.45) is 0 Å². The average molecular weight is 358 g/mol. The first-order valence-corrected chi connectivity index (χ1v) is 9.49. The van der Waals surface area contributed by atoms with Crippen molar-refractivity contribution in [1.82, 2.24) is 9.88 Å². The number of thiazole rings is 1. The highest BCUT2D eigenvalue weighted by Gasteiger charge is 2.30. The van der Waals surface area contributed by atoms with E-state index in [0.717, 1.165) is 35.5 Å². The quantitative estimate of drug-likeness (QED) is 0.859. The van der Waals surface area contributed by atoms with Crippen LogP contribution in [-0.4, -0.2) is 39.5 Å². The fourth-order valence-corrected chi connectivity index (χ4v) is 4.06. The van der Waals surface area contributed by atoms with Crippen LogP contribution < -0.4 is 0 Å². The molecule has 2 aromatic rings. The molecule has 0 aliphatic carbocycles. The predicted molar refractivity (Wildman–Crippen MR) is 97.6 cm³/mol. The molecule has 132 valence electrons. The first kappa shape index (κ1) is 17.6. The first-order chi connectivity index (χ1) is 12.1. The van der Waals surface area contributed by atoms with E-state index < -0.39 is 5.97 Å². The SMILES string of the molecule is CCc1ccc(-c2nc(CC(=O)N3CCCC3CC(=O)O)cs2)cc1. The summed E-state index contributed by atoms with van der Waals surface area (Å²) in [5, 5.41) is 11.8. The molecule has 1 aromatic carbocycles. The molecule has 1 saturated heterocycles. The molecular formula is C19H22N2O3S. The number of carboxylic acid groups (broad SMARTS) is 1. The summed E-state index contributed by atoms with van der Waals surface area (Å²) in [4.78, 5) is 29.8. The summed E-state index contributed by atoms with van der Waals surface area (Å²) in [6, 6.07) is 8.15. The average Bonchev–Trinajstić information content (AvgIpc) is 3.24. The second-order valence-electron chi connectivity index (χ2n) is 6.35. The molecule has 0 radical (unpaired) electrons. The minimum Gasteiger partial charge on any atom is -0.481 e. The summed E-state index contributed by atoms with van der Waals surface area (Å²) < 4.78 is 0. The maximum absolute atomic E-state index is 12.5. The number of carbonyl (C=O) groups excluding carboxylic acids is 1. The van der Waals surface area contributed by atoms with Gasteiger partial charge in [0.05, 0.1) is 18.5 Å². The molecule has 1 aliphatic heterocycles. The third-order valence-corrected chi connectivity index (χ3v) is 5.54. The number of carbonyl (C=O) groups is 2. The lowest BCUT2D eigenvalue weighted by atomic mass is 10.1. The van der Waals surface area contributed by atoms with Gasteiger partial charge >= 0.3 is 5.97 Å². The largest absolute Gasteiger partial charge is 0.481 e. The van der Waals surface area contributed by atoms with Gasteiger partial charge in [-0.15, -0.1) is 11.3 Å². The van der Waals surface area contributed by atoms with Gasteiger partial charge in [-0.3, -0.25) is 9.59 Å². The summed E-state index contributed by atoms with van der Waals surface area (Å²) >= 11 is 1.54. The van der Waals surface area contributed by atoms with Gasteiger partial charge in [-0.05, 0) is 24.8 Å². The van der Waals surface area contributed by atoms with Gasteiger partial charge in [0.1, 0.15) is 5.01 Å². The van der Waals surface area contributed by atoms with Crippen molar-refractivity contribution >= 4 is 23.2 Å². The molecule has 1 atom stereocenters. The predicted octanol–water partition coefficient (Wildman–Crippen LogP) is 3.38. The van der Waals surface area contributed by atoms with E-state index in [2.05, 4.69) is 36.2 Å². The van der Waals surface area contributed by atoms with E-state index in [1.807, 2.05) is 5.38 Å². The molecule has 1 unspecified atom stereocenters. The fourth-order valence-electron chi connectivity index (χ4n) is 3.24. The Labute approximate surface area is 151 Å². The Morgan fingerprint density at radius 3 is 2.76 bits per heavy atom. The van der Waals surface area contributed by atoms with Crippen LogP contribution in [0.2, 0.25) is 0 Å². The highest BCUT2D eigenvalue weighted by atomic mass is 32.1. The molecule has 2 heterocycles. The second-order valence-corrected chi connectivity index (χ2v) is 7.21. The molecular weight excluding hydrogens is 336 g/mol. The van der Waals surface area contributed by atoms with Crippen molar-refractivity contribution in [1.29, 1.82) is 0 Å². The highest BCUT2D eigenvalue weighted by Crippen LogP contribution is 2.26. The maximum Gasteiger partial charge on any atom is 0.305 e. The zero-order valence-corrected chi connectivity index (χ0v) is 15.1. The number of benzene rings is 1. The normalized spacial score (nSPS) is 17.0. The topological polar surface area (TPSA) is 70.5 Å². The van der Waals surface area contributed by atoms with E-state index in [-0.39, 0.29) is 24.8 Å². The third kappa shape index (κ3) is 4.25. The molecule has 1 aliphatic rings. The van der Waals surface area contributed by atoms with Gasteiger partial charge in [0, 0.05) is 23.5 Å². The Balaban J connectivity index is 1.66. The van der Waals surface area contributed by atoms with Gasteiger partial charge in [-0.1, -0.05) is 31.2 Å². The number of amides is 1. The molecule has 3 rings (SSSR count). The van der Waals surface area contributed by atoms with Crippen LogP contribution in [0.25, 0.3) is 10.6 Å². The lowest BCUT2D eigenvalue weighted by molar-refractivity contribution is -0.139. The molecule has 1 N–H and O–H groups in total. The minimum absolute atomic E-state index is 0.0256. The zero-order chi connectivity index (χ0) is 17.8. The third-order valence-electron chi connectivity index (χ3n) is 4.60. The molecule has 1 aromatic heterocycles. The fraction of sp³-hybridized carbons (Fsp3) is 0.421. The van der Waals surface area contributed by atoms with Crippen LogP contribution in [0.3, 0.4) is 0 Å². The zero-order valence-electron chi connectivity index (χ0n) is 14.3. The van der Waals surface area contributed by atoms with Crippen LogP contribution in [-0.2, 0) is 22.4 Å². The molecule has 1 fully saturated rings. The van der Waals surface area contributed by atoms with Crippen LogP contribution in [0.4, 0.5) is 0 Å². The van der Waals surface area contributed by atoms with Gasteiger partial charge in [0.25, 0.3) is 0 Å². The standard InChI is InChI=1S/C19H22N2O3S/c1-2-13-5-7-14(8-6-13)19-20-15(12-25-19)10-17(22)21-9-3-4-16(21)11-18(23)24/h5-8,12,16H,2-4,9-11H2,1H3,(H,23,24). The van der Waals surface area contributed by atoms with E-state index in [1.165, 1.54) is 16.9 Å². The summed E-state index contributed by atoms with van der Waals surface area (Å²) in [5.41, 5.74) is 3.10. The number of aryl methyl sites for hydroxylation is 1. The Morgan fingerprint density at radius 2 is 2.08 bits per heavy atom. The van der Waals surface area contributed by atoms with Gasteiger partial charge in [-0.25, -0.2) is 4.98 Å².